The van der Waals surface area contributed by atoms with Gasteiger partial charge in [0.2, 0.25) is 0 Å². The van der Waals surface area contributed by atoms with Crippen molar-refractivity contribution < 1.29 is 4.79 Å². The number of benzene rings is 2. The minimum absolute atomic E-state index is 0.232. The largest absolute Gasteiger partial charge is 0.372 e. The zero-order valence-electron chi connectivity index (χ0n) is 15.1. The molecule has 1 N–H and O–H groups in total. The van der Waals surface area contributed by atoms with E-state index in [1.165, 1.54) is 18.5 Å². The Balaban J connectivity index is 1.42. The second-order valence-electron chi connectivity index (χ2n) is 6.59. The molecule has 1 fully saturated rings. The van der Waals surface area contributed by atoms with Gasteiger partial charge in [0.25, 0.3) is 5.91 Å². The van der Waals surface area contributed by atoms with Crippen LogP contribution >= 0.6 is 0 Å². The van der Waals surface area contributed by atoms with Crippen molar-refractivity contribution in [1.82, 2.24) is 9.99 Å². The molecule has 0 radical (unpaired) electrons. The van der Waals surface area contributed by atoms with Gasteiger partial charge in [0, 0.05) is 31.2 Å². The highest BCUT2D eigenvalue weighted by molar-refractivity contribution is 5.98. The molecule has 4 rings (SSSR count). The van der Waals surface area contributed by atoms with Crippen molar-refractivity contribution in [2.24, 2.45) is 5.10 Å². The quantitative estimate of drug-likeness (QED) is 0.556. The highest BCUT2D eigenvalue weighted by Crippen LogP contribution is 2.20. The molecule has 5 nitrogen and oxygen atoms in total. The third-order valence-corrected chi connectivity index (χ3v) is 4.78. The summed E-state index contributed by atoms with van der Waals surface area (Å²) < 4.78 is 1.91. The van der Waals surface area contributed by atoms with Gasteiger partial charge in [0.15, 0.2) is 0 Å². The van der Waals surface area contributed by atoms with E-state index in [-0.39, 0.29) is 5.91 Å². The second-order valence-corrected chi connectivity index (χ2v) is 6.59. The standard InChI is InChI=1S/C22H22N4O/c27-22(20-7-1-2-8-21(20)26-15-5-6-16-26)24-23-17-18-9-11-19(12-10-18)25-13-3-4-14-25/h1-2,5-12,15-17H,3-4,13-14H2,(H,24,27)/b23-17-. The first-order valence-corrected chi connectivity index (χ1v) is 9.22. The van der Waals surface area contributed by atoms with Crippen molar-refractivity contribution in [3.63, 3.8) is 0 Å². The van der Waals surface area contributed by atoms with Crippen molar-refractivity contribution in [3.05, 3.63) is 84.2 Å². The Labute approximate surface area is 158 Å². The van der Waals surface area contributed by atoms with E-state index in [1.807, 2.05) is 59.4 Å². The number of hydrogen-bond acceptors (Lipinski definition) is 3. The van der Waals surface area contributed by atoms with Gasteiger partial charge < -0.3 is 9.47 Å². The predicted molar refractivity (Wildman–Crippen MR) is 109 cm³/mol. The Morgan fingerprint density at radius 1 is 0.926 bits per heavy atom. The summed E-state index contributed by atoms with van der Waals surface area (Å²) in [7, 11) is 0. The van der Waals surface area contributed by atoms with Crippen LogP contribution < -0.4 is 10.3 Å². The van der Waals surface area contributed by atoms with Gasteiger partial charge in [0.05, 0.1) is 17.5 Å². The summed E-state index contributed by atoms with van der Waals surface area (Å²) in [6.07, 6.45) is 8.03. The molecule has 0 atom stereocenters. The number of carbonyl (C=O) groups is 1. The Kier molecular flexibility index (Phi) is 5.01. The monoisotopic (exact) mass is 358 g/mol. The van der Waals surface area contributed by atoms with Crippen LogP contribution in [-0.2, 0) is 0 Å². The van der Waals surface area contributed by atoms with E-state index in [4.69, 9.17) is 0 Å². The Morgan fingerprint density at radius 2 is 1.63 bits per heavy atom. The smallest absolute Gasteiger partial charge is 0.273 e. The number of amides is 1. The molecule has 1 aliphatic rings. The van der Waals surface area contributed by atoms with Crippen LogP contribution in [0.5, 0.6) is 0 Å². The SMILES string of the molecule is O=C(N/N=C\c1ccc(N2CCCC2)cc1)c1ccccc1-n1cccc1. The molecule has 0 bridgehead atoms. The van der Waals surface area contributed by atoms with Gasteiger partial charge in [-0.1, -0.05) is 24.3 Å². The number of rotatable bonds is 5. The van der Waals surface area contributed by atoms with E-state index >= 15 is 0 Å². The van der Waals surface area contributed by atoms with Gasteiger partial charge in [-0.05, 0) is 54.8 Å². The highest BCUT2D eigenvalue weighted by Gasteiger charge is 2.12. The summed E-state index contributed by atoms with van der Waals surface area (Å²) in [6, 6.07) is 19.6. The zero-order valence-corrected chi connectivity index (χ0v) is 15.1. The molecule has 0 unspecified atom stereocenters. The molecule has 0 saturated carbocycles. The van der Waals surface area contributed by atoms with Crippen LogP contribution in [0.1, 0.15) is 28.8 Å². The first-order chi connectivity index (χ1) is 13.3. The molecule has 3 aromatic rings. The first-order valence-electron chi connectivity index (χ1n) is 9.22. The lowest BCUT2D eigenvalue weighted by molar-refractivity contribution is 0.0955. The minimum Gasteiger partial charge on any atom is -0.372 e. The molecule has 1 aromatic heterocycles. The van der Waals surface area contributed by atoms with Crippen LogP contribution in [0.15, 0.2) is 78.2 Å². The van der Waals surface area contributed by atoms with E-state index in [9.17, 15) is 4.79 Å². The number of carbonyl (C=O) groups excluding carboxylic acids is 1. The second kappa shape index (κ2) is 7.91. The molecule has 0 spiro atoms. The van der Waals surface area contributed by atoms with E-state index in [0.29, 0.717) is 5.56 Å². The predicted octanol–water partition coefficient (Wildman–Crippen LogP) is 3.84. The van der Waals surface area contributed by atoms with Gasteiger partial charge >= 0.3 is 0 Å². The highest BCUT2D eigenvalue weighted by atomic mass is 16.2. The molecule has 2 aromatic carbocycles. The Bertz CT molecular complexity index is 923. The van der Waals surface area contributed by atoms with Crippen molar-refractivity contribution in [3.8, 4) is 5.69 Å². The number of nitrogens with zero attached hydrogens (tertiary/aromatic N) is 3. The van der Waals surface area contributed by atoms with Crippen molar-refractivity contribution >= 4 is 17.8 Å². The van der Waals surface area contributed by atoms with Gasteiger partial charge in [0.1, 0.15) is 0 Å². The average molecular weight is 358 g/mol. The van der Waals surface area contributed by atoms with Gasteiger partial charge in [-0.15, -0.1) is 0 Å². The zero-order chi connectivity index (χ0) is 18.5. The molecule has 5 heteroatoms. The molecule has 136 valence electrons. The van der Waals surface area contributed by atoms with E-state index in [1.54, 1.807) is 12.3 Å². The van der Waals surface area contributed by atoms with Gasteiger partial charge in [-0.25, -0.2) is 5.43 Å². The summed E-state index contributed by atoms with van der Waals surface area (Å²) in [5.41, 5.74) is 6.23. The summed E-state index contributed by atoms with van der Waals surface area (Å²) in [5.74, 6) is -0.232. The summed E-state index contributed by atoms with van der Waals surface area (Å²) in [4.78, 5) is 14.9. The lowest BCUT2D eigenvalue weighted by Crippen LogP contribution is -2.19. The minimum atomic E-state index is -0.232. The van der Waals surface area contributed by atoms with E-state index in [2.05, 4.69) is 27.6 Å². The molecular weight excluding hydrogens is 336 g/mol. The maximum atomic E-state index is 12.5. The van der Waals surface area contributed by atoms with Gasteiger partial charge in [-0.2, -0.15) is 5.10 Å². The van der Waals surface area contributed by atoms with Crippen LogP contribution in [0.3, 0.4) is 0 Å². The van der Waals surface area contributed by atoms with Crippen LogP contribution in [0.2, 0.25) is 0 Å². The summed E-state index contributed by atoms with van der Waals surface area (Å²) in [5, 5.41) is 4.12. The lowest BCUT2D eigenvalue weighted by Gasteiger charge is -2.17. The maximum Gasteiger partial charge on any atom is 0.273 e. The van der Waals surface area contributed by atoms with Crippen molar-refractivity contribution in [2.45, 2.75) is 12.8 Å². The molecule has 27 heavy (non-hydrogen) atoms. The number of hydrogen-bond donors (Lipinski definition) is 1. The fourth-order valence-corrected chi connectivity index (χ4v) is 3.36. The molecule has 1 saturated heterocycles. The summed E-state index contributed by atoms with van der Waals surface area (Å²) >= 11 is 0. The van der Waals surface area contributed by atoms with Crippen LogP contribution in [0.4, 0.5) is 5.69 Å². The van der Waals surface area contributed by atoms with Crippen LogP contribution in [0.25, 0.3) is 5.69 Å². The van der Waals surface area contributed by atoms with Crippen molar-refractivity contribution in [2.75, 3.05) is 18.0 Å². The van der Waals surface area contributed by atoms with Crippen LogP contribution in [0, 0.1) is 0 Å². The average Bonchev–Trinajstić information content (AvgIpc) is 3.42. The number of aromatic nitrogens is 1. The third kappa shape index (κ3) is 3.92. The third-order valence-electron chi connectivity index (χ3n) is 4.78. The summed E-state index contributed by atoms with van der Waals surface area (Å²) in [6.45, 7) is 2.26. The number of hydrazone groups is 1. The Hall–Kier alpha value is -3.34. The van der Waals surface area contributed by atoms with E-state index < -0.39 is 0 Å². The maximum absolute atomic E-state index is 12.5. The van der Waals surface area contributed by atoms with Crippen molar-refractivity contribution in [1.29, 1.82) is 0 Å². The molecule has 2 heterocycles. The fourth-order valence-electron chi connectivity index (χ4n) is 3.36. The number of anilines is 1. The van der Waals surface area contributed by atoms with Gasteiger partial charge in [-0.3, -0.25) is 4.79 Å². The number of para-hydroxylation sites is 1. The topological polar surface area (TPSA) is 49.6 Å². The van der Waals surface area contributed by atoms with Crippen LogP contribution in [-0.4, -0.2) is 29.8 Å². The molecule has 0 aliphatic carbocycles. The molecule has 1 amide bonds. The van der Waals surface area contributed by atoms with E-state index in [0.717, 1.165) is 24.3 Å². The lowest BCUT2D eigenvalue weighted by atomic mass is 10.1. The normalized spacial score (nSPS) is 14.0. The molecule has 1 aliphatic heterocycles. The fraction of sp³-hybridized carbons (Fsp3) is 0.182. The molecular formula is C22H22N4O. The number of nitrogens with one attached hydrogen (secondary N) is 1. The Morgan fingerprint density at radius 3 is 2.37 bits per heavy atom. The first kappa shape index (κ1) is 17.1.